The topological polar surface area (TPSA) is 14.2 Å². The molecule has 2 aromatic rings. The molecule has 0 bridgehead atoms. The van der Waals surface area contributed by atoms with Gasteiger partial charge < -0.3 is 9.30 Å². The van der Waals surface area contributed by atoms with E-state index in [0.717, 1.165) is 5.75 Å². The molecule has 0 fully saturated rings. The van der Waals surface area contributed by atoms with E-state index in [1.54, 1.807) is 7.11 Å². The van der Waals surface area contributed by atoms with Gasteiger partial charge in [-0.25, -0.2) is 0 Å². The number of hydrogen-bond donors (Lipinski definition) is 0. The molecule has 0 saturated carbocycles. The maximum atomic E-state index is 5.13. The van der Waals surface area contributed by atoms with Crippen LogP contribution in [0.1, 0.15) is 18.5 Å². The molecule has 0 aliphatic heterocycles. The van der Waals surface area contributed by atoms with Crippen molar-refractivity contribution in [1.29, 1.82) is 0 Å². The fraction of sp³-hybridized carbons (Fsp3) is 0.231. The Morgan fingerprint density at radius 3 is 2.20 bits per heavy atom. The molecule has 78 valence electrons. The lowest BCUT2D eigenvalue weighted by atomic mass is 10.1. The predicted octanol–water partition coefficient (Wildman–Crippen LogP) is 3.11. The second kappa shape index (κ2) is 4.22. The first kappa shape index (κ1) is 9.84. The summed E-state index contributed by atoms with van der Waals surface area (Å²) >= 11 is 0. The van der Waals surface area contributed by atoms with Gasteiger partial charge in [0.2, 0.25) is 0 Å². The van der Waals surface area contributed by atoms with E-state index in [1.807, 2.05) is 24.3 Å². The predicted molar refractivity (Wildman–Crippen MR) is 61.2 cm³/mol. The summed E-state index contributed by atoms with van der Waals surface area (Å²) in [5.41, 5.74) is 1.28. The first-order valence-corrected chi connectivity index (χ1v) is 5.07. The summed E-state index contributed by atoms with van der Waals surface area (Å²) in [7, 11) is 1.68. The zero-order valence-corrected chi connectivity index (χ0v) is 9.05. The van der Waals surface area contributed by atoms with Crippen LogP contribution in [0.5, 0.6) is 5.75 Å². The number of hydrogen-bond acceptors (Lipinski definition) is 1. The number of benzene rings is 1. The molecule has 2 rings (SSSR count). The van der Waals surface area contributed by atoms with Crippen molar-refractivity contribution >= 4 is 0 Å². The molecule has 0 radical (unpaired) electrons. The minimum atomic E-state index is 0.367. The lowest BCUT2D eigenvalue weighted by Gasteiger charge is -2.14. The summed E-state index contributed by atoms with van der Waals surface area (Å²) in [6.45, 7) is 2.18. The van der Waals surface area contributed by atoms with Crippen LogP contribution >= 0.6 is 0 Å². The Morgan fingerprint density at radius 1 is 1.07 bits per heavy atom. The number of methoxy groups -OCH3 is 1. The summed E-state index contributed by atoms with van der Waals surface area (Å²) in [6, 6.07) is 12.6. The maximum absolute atomic E-state index is 5.13. The van der Waals surface area contributed by atoms with Crippen molar-refractivity contribution < 1.29 is 4.74 Å². The van der Waals surface area contributed by atoms with Gasteiger partial charge in [0.05, 0.1) is 13.2 Å². The highest BCUT2D eigenvalue weighted by Crippen LogP contribution is 2.20. The Hall–Kier alpha value is -1.70. The van der Waals surface area contributed by atoms with Gasteiger partial charge in [0.15, 0.2) is 0 Å². The summed E-state index contributed by atoms with van der Waals surface area (Å²) in [5.74, 6) is 0.901. The van der Waals surface area contributed by atoms with Crippen molar-refractivity contribution in [3.63, 3.8) is 0 Å². The van der Waals surface area contributed by atoms with Gasteiger partial charge in [-0.05, 0) is 36.8 Å². The zero-order chi connectivity index (χ0) is 10.7. The lowest BCUT2D eigenvalue weighted by Crippen LogP contribution is -2.03. The molecule has 1 unspecified atom stereocenters. The molecule has 2 heteroatoms. The second-order valence-electron chi connectivity index (χ2n) is 3.58. The summed E-state index contributed by atoms with van der Waals surface area (Å²) in [6.07, 6.45) is 4.16. The Bertz CT molecular complexity index is 403. The average Bonchev–Trinajstić information content (AvgIpc) is 2.82. The summed E-state index contributed by atoms with van der Waals surface area (Å²) < 4.78 is 7.32. The molecule has 1 atom stereocenters. The lowest BCUT2D eigenvalue weighted by molar-refractivity contribution is 0.414. The Labute approximate surface area is 90.1 Å². The number of aromatic nitrogens is 1. The van der Waals surface area contributed by atoms with Gasteiger partial charge in [0.25, 0.3) is 0 Å². The van der Waals surface area contributed by atoms with Crippen LogP contribution in [0.3, 0.4) is 0 Å². The summed E-state index contributed by atoms with van der Waals surface area (Å²) in [4.78, 5) is 0. The van der Waals surface area contributed by atoms with Crippen LogP contribution in [0.2, 0.25) is 0 Å². The van der Waals surface area contributed by atoms with Crippen LogP contribution < -0.4 is 4.74 Å². The molecule has 1 aromatic carbocycles. The van der Waals surface area contributed by atoms with E-state index in [0.29, 0.717) is 6.04 Å². The van der Waals surface area contributed by atoms with Crippen molar-refractivity contribution in [3.05, 3.63) is 54.4 Å². The van der Waals surface area contributed by atoms with Gasteiger partial charge in [-0.2, -0.15) is 0 Å². The molecule has 1 aromatic heterocycles. The van der Waals surface area contributed by atoms with Crippen LogP contribution in [0, 0.1) is 0 Å². The van der Waals surface area contributed by atoms with E-state index in [2.05, 4.69) is 36.0 Å². The second-order valence-corrected chi connectivity index (χ2v) is 3.58. The highest BCUT2D eigenvalue weighted by atomic mass is 16.5. The van der Waals surface area contributed by atoms with Crippen molar-refractivity contribution in [2.75, 3.05) is 7.11 Å². The first-order valence-electron chi connectivity index (χ1n) is 5.07. The molecular formula is C13H15NO. The molecule has 2 nitrogen and oxygen atoms in total. The molecule has 0 saturated heterocycles. The molecule has 0 N–H and O–H groups in total. The van der Waals surface area contributed by atoms with E-state index in [-0.39, 0.29) is 0 Å². The summed E-state index contributed by atoms with van der Waals surface area (Å²) in [5, 5.41) is 0. The van der Waals surface area contributed by atoms with E-state index in [9.17, 15) is 0 Å². The standard InChI is InChI=1S/C13H15NO/c1-11(14-9-3-4-10-14)12-5-7-13(15-2)8-6-12/h3-11H,1-2H3. The van der Waals surface area contributed by atoms with Gasteiger partial charge >= 0.3 is 0 Å². The Balaban J connectivity index is 2.22. The maximum Gasteiger partial charge on any atom is 0.118 e. The van der Waals surface area contributed by atoms with Gasteiger partial charge in [-0.15, -0.1) is 0 Å². The zero-order valence-electron chi connectivity index (χ0n) is 9.05. The molecule has 0 amide bonds. The van der Waals surface area contributed by atoms with E-state index in [4.69, 9.17) is 4.74 Å². The average molecular weight is 201 g/mol. The fourth-order valence-corrected chi connectivity index (χ4v) is 1.66. The van der Waals surface area contributed by atoms with E-state index < -0.39 is 0 Å². The number of nitrogens with zero attached hydrogens (tertiary/aromatic N) is 1. The van der Waals surface area contributed by atoms with E-state index >= 15 is 0 Å². The molecule has 1 heterocycles. The van der Waals surface area contributed by atoms with Crippen LogP contribution in [-0.4, -0.2) is 11.7 Å². The third kappa shape index (κ3) is 2.04. The number of ether oxygens (including phenoxy) is 1. The Kier molecular flexibility index (Phi) is 2.77. The highest BCUT2D eigenvalue weighted by molar-refractivity contribution is 5.29. The molecular weight excluding hydrogens is 186 g/mol. The van der Waals surface area contributed by atoms with Gasteiger partial charge in [-0.3, -0.25) is 0 Å². The van der Waals surface area contributed by atoms with Crippen molar-refractivity contribution in [1.82, 2.24) is 4.57 Å². The molecule has 0 spiro atoms. The normalized spacial score (nSPS) is 12.4. The van der Waals surface area contributed by atoms with Gasteiger partial charge in [0, 0.05) is 12.4 Å². The van der Waals surface area contributed by atoms with Gasteiger partial charge in [0.1, 0.15) is 5.75 Å². The smallest absolute Gasteiger partial charge is 0.118 e. The van der Waals surface area contributed by atoms with Crippen molar-refractivity contribution in [3.8, 4) is 5.75 Å². The Morgan fingerprint density at radius 2 is 1.67 bits per heavy atom. The third-order valence-electron chi connectivity index (χ3n) is 2.67. The van der Waals surface area contributed by atoms with Crippen LogP contribution in [0.25, 0.3) is 0 Å². The fourth-order valence-electron chi connectivity index (χ4n) is 1.66. The number of rotatable bonds is 3. The van der Waals surface area contributed by atoms with Crippen LogP contribution in [0.15, 0.2) is 48.8 Å². The molecule has 0 aliphatic carbocycles. The molecule has 0 aliphatic rings. The third-order valence-corrected chi connectivity index (χ3v) is 2.67. The van der Waals surface area contributed by atoms with Crippen LogP contribution in [0.4, 0.5) is 0 Å². The molecule has 15 heavy (non-hydrogen) atoms. The van der Waals surface area contributed by atoms with Crippen molar-refractivity contribution in [2.24, 2.45) is 0 Å². The SMILES string of the molecule is COc1ccc(C(C)n2cccc2)cc1. The quantitative estimate of drug-likeness (QED) is 0.744. The minimum Gasteiger partial charge on any atom is -0.497 e. The van der Waals surface area contributed by atoms with Gasteiger partial charge in [-0.1, -0.05) is 12.1 Å². The van der Waals surface area contributed by atoms with E-state index in [1.165, 1.54) is 5.56 Å². The largest absolute Gasteiger partial charge is 0.497 e. The monoisotopic (exact) mass is 201 g/mol. The minimum absolute atomic E-state index is 0.367. The van der Waals surface area contributed by atoms with Crippen LogP contribution in [-0.2, 0) is 0 Å². The highest BCUT2D eigenvalue weighted by Gasteiger charge is 2.05. The first-order chi connectivity index (χ1) is 7.31. The van der Waals surface area contributed by atoms with Crippen molar-refractivity contribution in [2.45, 2.75) is 13.0 Å².